The lowest BCUT2D eigenvalue weighted by Gasteiger charge is -2.33. The third kappa shape index (κ3) is 3.80. The van der Waals surface area contributed by atoms with Crippen molar-refractivity contribution in [3.63, 3.8) is 0 Å². The number of hydrogen-bond acceptors (Lipinski definition) is 2. The van der Waals surface area contributed by atoms with Gasteiger partial charge < -0.3 is 5.32 Å². The zero-order valence-corrected chi connectivity index (χ0v) is 12.7. The molecule has 0 amide bonds. The average molecular weight is 260 g/mol. The Morgan fingerprint density at radius 3 is 2.58 bits per heavy atom. The Labute approximate surface area is 118 Å². The summed E-state index contributed by atoms with van der Waals surface area (Å²) in [6.07, 6.45) is 3.88. The van der Waals surface area contributed by atoms with Crippen molar-refractivity contribution in [3.05, 3.63) is 35.9 Å². The van der Waals surface area contributed by atoms with E-state index in [1.165, 1.54) is 37.9 Å². The number of likely N-dealkylation sites (tertiary alicyclic amines) is 1. The molecule has 1 heterocycles. The van der Waals surface area contributed by atoms with Crippen LogP contribution in [0.25, 0.3) is 0 Å². The molecule has 1 N–H and O–H groups in total. The van der Waals surface area contributed by atoms with Crippen molar-refractivity contribution in [2.45, 2.75) is 51.6 Å². The molecule has 2 rings (SSSR count). The fourth-order valence-corrected chi connectivity index (χ4v) is 3.18. The van der Waals surface area contributed by atoms with E-state index in [-0.39, 0.29) is 0 Å². The lowest BCUT2D eigenvalue weighted by molar-refractivity contribution is 0.166. The Morgan fingerprint density at radius 1 is 1.26 bits per heavy atom. The Balaban J connectivity index is 1.94. The first-order chi connectivity index (χ1) is 9.13. The van der Waals surface area contributed by atoms with Crippen LogP contribution in [0.4, 0.5) is 0 Å². The lowest BCUT2D eigenvalue weighted by atomic mass is 10.00. The Morgan fingerprint density at radius 2 is 2.00 bits per heavy atom. The molecule has 1 unspecified atom stereocenters. The summed E-state index contributed by atoms with van der Waals surface area (Å²) in [5, 5.41) is 3.62. The quantitative estimate of drug-likeness (QED) is 0.840. The summed E-state index contributed by atoms with van der Waals surface area (Å²) in [6, 6.07) is 11.3. The Bertz CT molecular complexity index is 372. The van der Waals surface area contributed by atoms with Gasteiger partial charge in [-0.2, -0.15) is 0 Å². The molecule has 2 nitrogen and oxygen atoms in total. The molecule has 1 aromatic carbocycles. The van der Waals surface area contributed by atoms with Gasteiger partial charge in [-0.3, -0.25) is 4.90 Å². The third-order valence-corrected chi connectivity index (χ3v) is 4.41. The van der Waals surface area contributed by atoms with Crippen LogP contribution in [0.5, 0.6) is 0 Å². The minimum atomic E-state index is 0.396. The van der Waals surface area contributed by atoms with E-state index in [9.17, 15) is 0 Å². The van der Waals surface area contributed by atoms with E-state index >= 15 is 0 Å². The summed E-state index contributed by atoms with van der Waals surface area (Å²) in [5.74, 6) is 0. The van der Waals surface area contributed by atoms with Gasteiger partial charge in [0.15, 0.2) is 0 Å². The summed E-state index contributed by atoms with van der Waals surface area (Å²) < 4.78 is 0. The molecule has 0 aliphatic carbocycles. The summed E-state index contributed by atoms with van der Waals surface area (Å²) in [6.45, 7) is 10.4. The molecule has 1 aromatic rings. The van der Waals surface area contributed by atoms with Crippen LogP contribution >= 0.6 is 0 Å². The maximum absolute atomic E-state index is 3.62. The minimum absolute atomic E-state index is 0.396. The van der Waals surface area contributed by atoms with Crippen molar-refractivity contribution in [3.8, 4) is 0 Å². The first kappa shape index (κ1) is 14.5. The van der Waals surface area contributed by atoms with Crippen LogP contribution < -0.4 is 5.32 Å². The van der Waals surface area contributed by atoms with Crippen LogP contribution in [0.3, 0.4) is 0 Å². The molecule has 19 heavy (non-hydrogen) atoms. The molecule has 0 spiro atoms. The second-order valence-corrected chi connectivity index (χ2v) is 6.21. The monoisotopic (exact) mass is 260 g/mol. The van der Waals surface area contributed by atoms with E-state index in [0.717, 1.165) is 6.54 Å². The summed E-state index contributed by atoms with van der Waals surface area (Å²) >= 11 is 0. The molecule has 1 aliphatic rings. The highest BCUT2D eigenvalue weighted by molar-refractivity contribution is 5.18. The SMILES string of the molecule is CCNC(CCN1CCCC1(C)C)c1ccccc1. The third-order valence-electron chi connectivity index (χ3n) is 4.41. The summed E-state index contributed by atoms with van der Waals surface area (Å²) in [5.41, 5.74) is 1.81. The maximum atomic E-state index is 3.62. The topological polar surface area (TPSA) is 15.3 Å². The van der Waals surface area contributed by atoms with Gasteiger partial charge in [0.2, 0.25) is 0 Å². The molecule has 1 atom stereocenters. The van der Waals surface area contributed by atoms with Gasteiger partial charge in [0, 0.05) is 18.1 Å². The molecular weight excluding hydrogens is 232 g/mol. The van der Waals surface area contributed by atoms with Gasteiger partial charge in [-0.05, 0) is 51.8 Å². The number of nitrogens with one attached hydrogen (secondary N) is 1. The Kier molecular flexibility index (Phi) is 5.00. The maximum Gasteiger partial charge on any atom is 0.0332 e. The second kappa shape index (κ2) is 6.53. The average Bonchev–Trinajstić information content (AvgIpc) is 2.75. The molecule has 0 aromatic heterocycles. The van der Waals surface area contributed by atoms with E-state index in [1.807, 2.05) is 0 Å². The van der Waals surface area contributed by atoms with Gasteiger partial charge in [0.1, 0.15) is 0 Å². The largest absolute Gasteiger partial charge is 0.310 e. The summed E-state index contributed by atoms with van der Waals surface area (Å²) in [7, 11) is 0. The van der Waals surface area contributed by atoms with E-state index in [2.05, 4.69) is 61.3 Å². The van der Waals surface area contributed by atoms with Gasteiger partial charge >= 0.3 is 0 Å². The van der Waals surface area contributed by atoms with Crippen LogP contribution in [-0.4, -0.2) is 30.1 Å². The van der Waals surface area contributed by atoms with Gasteiger partial charge in [-0.1, -0.05) is 37.3 Å². The smallest absolute Gasteiger partial charge is 0.0332 e. The molecule has 1 fully saturated rings. The van der Waals surface area contributed by atoms with E-state index in [1.54, 1.807) is 0 Å². The van der Waals surface area contributed by atoms with Crippen molar-refractivity contribution in [1.29, 1.82) is 0 Å². The van der Waals surface area contributed by atoms with Crippen molar-refractivity contribution < 1.29 is 0 Å². The standard InChI is InChI=1S/C17H28N2/c1-4-18-16(15-9-6-5-7-10-15)11-14-19-13-8-12-17(19,2)3/h5-7,9-10,16,18H,4,8,11-14H2,1-3H3. The van der Waals surface area contributed by atoms with Gasteiger partial charge in [0.25, 0.3) is 0 Å². The highest BCUT2D eigenvalue weighted by Crippen LogP contribution is 2.29. The molecule has 1 saturated heterocycles. The van der Waals surface area contributed by atoms with Crippen LogP contribution in [0, 0.1) is 0 Å². The molecular formula is C17H28N2. The van der Waals surface area contributed by atoms with Gasteiger partial charge in [-0.15, -0.1) is 0 Å². The predicted molar refractivity (Wildman–Crippen MR) is 82.4 cm³/mol. The first-order valence-corrected chi connectivity index (χ1v) is 7.67. The molecule has 0 radical (unpaired) electrons. The van der Waals surface area contributed by atoms with Crippen molar-refractivity contribution >= 4 is 0 Å². The fourth-order valence-electron chi connectivity index (χ4n) is 3.18. The molecule has 1 aliphatic heterocycles. The second-order valence-electron chi connectivity index (χ2n) is 6.21. The Hall–Kier alpha value is -0.860. The van der Waals surface area contributed by atoms with Gasteiger partial charge in [0.05, 0.1) is 0 Å². The minimum Gasteiger partial charge on any atom is -0.310 e. The highest BCUT2D eigenvalue weighted by Gasteiger charge is 2.31. The van der Waals surface area contributed by atoms with Crippen molar-refractivity contribution in [1.82, 2.24) is 10.2 Å². The molecule has 0 bridgehead atoms. The first-order valence-electron chi connectivity index (χ1n) is 7.67. The van der Waals surface area contributed by atoms with E-state index in [0.29, 0.717) is 11.6 Å². The summed E-state index contributed by atoms with van der Waals surface area (Å²) in [4.78, 5) is 2.65. The van der Waals surface area contributed by atoms with Gasteiger partial charge in [-0.25, -0.2) is 0 Å². The molecule has 0 saturated carbocycles. The van der Waals surface area contributed by atoms with Crippen LogP contribution in [0.1, 0.15) is 51.6 Å². The van der Waals surface area contributed by atoms with Crippen LogP contribution in [-0.2, 0) is 0 Å². The highest BCUT2D eigenvalue weighted by atomic mass is 15.2. The number of hydrogen-bond donors (Lipinski definition) is 1. The van der Waals surface area contributed by atoms with Crippen LogP contribution in [0.2, 0.25) is 0 Å². The van der Waals surface area contributed by atoms with Crippen molar-refractivity contribution in [2.75, 3.05) is 19.6 Å². The van der Waals surface area contributed by atoms with E-state index < -0.39 is 0 Å². The predicted octanol–water partition coefficient (Wildman–Crippen LogP) is 3.60. The molecule has 2 heteroatoms. The molecule has 106 valence electrons. The number of benzene rings is 1. The van der Waals surface area contributed by atoms with Crippen LogP contribution in [0.15, 0.2) is 30.3 Å². The number of rotatable bonds is 6. The zero-order chi connectivity index (χ0) is 13.7. The number of nitrogens with zero attached hydrogens (tertiary/aromatic N) is 1. The van der Waals surface area contributed by atoms with Crippen molar-refractivity contribution in [2.24, 2.45) is 0 Å². The zero-order valence-electron chi connectivity index (χ0n) is 12.7. The normalized spacial score (nSPS) is 20.6. The van der Waals surface area contributed by atoms with E-state index in [4.69, 9.17) is 0 Å². The lowest BCUT2D eigenvalue weighted by Crippen LogP contribution is -2.40. The fraction of sp³-hybridized carbons (Fsp3) is 0.647.